The van der Waals surface area contributed by atoms with Crippen LogP contribution in [-0.2, 0) is 0 Å². The Morgan fingerprint density at radius 3 is 2.88 bits per heavy atom. The van der Waals surface area contributed by atoms with Crippen molar-refractivity contribution in [3.05, 3.63) is 58.3 Å². The predicted octanol–water partition coefficient (Wildman–Crippen LogP) is 2.89. The van der Waals surface area contributed by atoms with E-state index in [-0.39, 0.29) is 5.70 Å². The second-order valence-corrected chi connectivity index (χ2v) is 3.18. The summed E-state index contributed by atoms with van der Waals surface area (Å²) in [6.45, 7) is 5.37. The summed E-state index contributed by atoms with van der Waals surface area (Å²) in [6.07, 6.45) is 3.11. The minimum atomic E-state index is -0.426. The van der Waals surface area contributed by atoms with Crippen molar-refractivity contribution in [1.82, 2.24) is 0 Å². The van der Waals surface area contributed by atoms with Gasteiger partial charge in [-0.25, -0.2) is 0 Å². The summed E-state index contributed by atoms with van der Waals surface area (Å²) < 4.78 is 5.38. The summed E-state index contributed by atoms with van der Waals surface area (Å²) in [5.41, 5.74) is 0.771. The summed E-state index contributed by atoms with van der Waals surface area (Å²) in [5.74, 6) is 0.614. The number of nitro groups is 1. The molecule has 1 aromatic rings. The Bertz CT molecular complexity index is 424. The number of para-hydroxylation sites is 1. The van der Waals surface area contributed by atoms with Crippen molar-refractivity contribution in [3.63, 3.8) is 0 Å². The summed E-state index contributed by atoms with van der Waals surface area (Å²) >= 11 is 0. The fourth-order valence-corrected chi connectivity index (χ4v) is 1.16. The number of benzene rings is 1. The summed E-state index contributed by atoms with van der Waals surface area (Å²) in [5, 5.41) is 10.5. The molecule has 0 aromatic heterocycles. The molecule has 0 atom stereocenters. The second-order valence-electron chi connectivity index (χ2n) is 3.18. The van der Waals surface area contributed by atoms with E-state index in [0.717, 1.165) is 0 Å². The zero-order valence-corrected chi connectivity index (χ0v) is 9.05. The maximum Gasteiger partial charge on any atom is 0.243 e. The zero-order chi connectivity index (χ0) is 12.0. The van der Waals surface area contributed by atoms with Crippen molar-refractivity contribution in [1.29, 1.82) is 0 Å². The van der Waals surface area contributed by atoms with Crippen LogP contribution in [-0.4, -0.2) is 11.5 Å². The second kappa shape index (κ2) is 5.70. The largest absolute Gasteiger partial charge is 0.489 e. The number of allylic oxidation sites excluding steroid dienone is 1. The molecule has 16 heavy (non-hydrogen) atoms. The molecule has 0 saturated heterocycles. The molecule has 0 fully saturated rings. The van der Waals surface area contributed by atoms with Crippen LogP contribution in [0.4, 0.5) is 0 Å². The van der Waals surface area contributed by atoms with Gasteiger partial charge in [0, 0.05) is 18.6 Å². The van der Waals surface area contributed by atoms with Gasteiger partial charge >= 0.3 is 0 Å². The third-order valence-electron chi connectivity index (χ3n) is 1.93. The van der Waals surface area contributed by atoms with Crippen LogP contribution in [0.5, 0.6) is 5.75 Å². The Balaban J connectivity index is 2.98. The van der Waals surface area contributed by atoms with Crippen LogP contribution in [0.15, 0.2) is 42.6 Å². The molecule has 4 heteroatoms. The van der Waals surface area contributed by atoms with Crippen LogP contribution in [0.1, 0.15) is 12.5 Å². The minimum absolute atomic E-state index is 0.0784. The third-order valence-corrected chi connectivity index (χ3v) is 1.93. The van der Waals surface area contributed by atoms with Crippen LogP contribution >= 0.6 is 0 Å². The van der Waals surface area contributed by atoms with Gasteiger partial charge in [-0.15, -0.1) is 0 Å². The van der Waals surface area contributed by atoms with E-state index in [0.29, 0.717) is 17.9 Å². The lowest BCUT2D eigenvalue weighted by atomic mass is 10.2. The molecule has 84 valence electrons. The summed E-state index contributed by atoms with van der Waals surface area (Å²) in [7, 11) is 0. The summed E-state index contributed by atoms with van der Waals surface area (Å²) in [4.78, 5) is 10.1. The van der Waals surface area contributed by atoms with E-state index < -0.39 is 4.92 Å². The van der Waals surface area contributed by atoms with Crippen LogP contribution in [0.2, 0.25) is 0 Å². The lowest BCUT2D eigenvalue weighted by molar-refractivity contribution is -0.422. The first-order valence-corrected chi connectivity index (χ1v) is 4.80. The SMILES string of the molecule is C=CCOc1ccccc1C=C(C)[N+](=O)[O-]. The van der Waals surface area contributed by atoms with Crippen LogP contribution in [0.3, 0.4) is 0 Å². The number of rotatable bonds is 5. The van der Waals surface area contributed by atoms with E-state index >= 15 is 0 Å². The van der Waals surface area contributed by atoms with Gasteiger partial charge in [0.15, 0.2) is 0 Å². The minimum Gasteiger partial charge on any atom is -0.489 e. The van der Waals surface area contributed by atoms with E-state index in [1.165, 1.54) is 13.0 Å². The van der Waals surface area contributed by atoms with Crippen molar-refractivity contribution in [2.24, 2.45) is 0 Å². The number of nitrogens with zero attached hydrogens (tertiary/aromatic N) is 1. The average Bonchev–Trinajstić information content (AvgIpc) is 2.27. The molecule has 0 spiro atoms. The zero-order valence-electron chi connectivity index (χ0n) is 9.05. The van der Waals surface area contributed by atoms with Gasteiger partial charge in [0.1, 0.15) is 12.4 Å². The highest BCUT2D eigenvalue weighted by atomic mass is 16.6. The number of hydrogen-bond acceptors (Lipinski definition) is 3. The first-order chi connectivity index (χ1) is 7.65. The van der Waals surface area contributed by atoms with Crippen LogP contribution < -0.4 is 4.74 Å². The first-order valence-electron chi connectivity index (χ1n) is 4.80. The van der Waals surface area contributed by atoms with Gasteiger partial charge in [-0.3, -0.25) is 10.1 Å². The lowest BCUT2D eigenvalue weighted by Crippen LogP contribution is -1.97. The normalized spacial score (nSPS) is 10.9. The van der Waals surface area contributed by atoms with Crippen molar-refractivity contribution in [2.45, 2.75) is 6.92 Å². The molecule has 0 radical (unpaired) electrons. The van der Waals surface area contributed by atoms with Crippen molar-refractivity contribution in [2.75, 3.05) is 6.61 Å². The monoisotopic (exact) mass is 219 g/mol. The molecule has 0 aliphatic heterocycles. The maximum absolute atomic E-state index is 10.5. The molecule has 0 aliphatic rings. The Kier molecular flexibility index (Phi) is 4.27. The maximum atomic E-state index is 10.5. The van der Waals surface area contributed by atoms with Gasteiger partial charge in [-0.1, -0.05) is 30.9 Å². The van der Waals surface area contributed by atoms with Crippen molar-refractivity contribution in [3.8, 4) is 5.75 Å². The van der Waals surface area contributed by atoms with Crippen molar-refractivity contribution < 1.29 is 9.66 Å². The van der Waals surface area contributed by atoms with E-state index in [1.54, 1.807) is 24.3 Å². The van der Waals surface area contributed by atoms with Gasteiger partial charge in [-0.2, -0.15) is 0 Å². The van der Waals surface area contributed by atoms with E-state index in [2.05, 4.69) is 6.58 Å². The molecule has 0 unspecified atom stereocenters. The third kappa shape index (κ3) is 3.24. The van der Waals surface area contributed by atoms with E-state index in [1.807, 2.05) is 6.07 Å². The molecule has 0 amide bonds. The first kappa shape index (κ1) is 12.0. The quantitative estimate of drug-likeness (QED) is 0.434. The van der Waals surface area contributed by atoms with Crippen molar-refractivity contribution >= 4 is 6.08 Å². The molecule has 0 saturated carbocycles. The lowest BCUT2D eigenvalue weighted by Gasteiger charge is -2.06. The molecule has 0 aliphatic carbocycles. The number of hydrogen-bond donors (Lipinski definition) is 0. The molecule has 0 N–H and O–H groups in total. The Hall–Kier alpha value is -2.10. The molecule has 0 heterocycles. The van der Waals surface area contributed by atoms with Crippen LogP contribution in [0, 0.1) is 10.1 Å². The Morgan fingerprint density at radius 1 is 1.56 bits per heavy atom. The van der Waals surface area contributed by atoms with Crippen LogP contribution in [0.25, 0.3) is 6.08 Å². The molecule has 4 nitrogen and oxygen atoms in total. The Labute approximate surface area is 94.0 Å². The topological polar surface area (TPSA) is 52.4 Å². The molecule has 1 rings (SSSR count). The predicted molar refractivity (Wildman–Crippen MR) is 62.8 cm³/mol. The molecule has 1 aromatic carbocycles. The highest BCUT2D eigenvalue weighted by molar-refractivity contribution is 5.58. The standard InChI is InChI=1S/C12H13NO3/c1-3-8-16-12-7-5-4-6-11(12)9-10(2)13(14)15/h3-7,9H,1,8H2,2H3. The molecule has 0 bridgehead atoms. The number of ether oxygens (including phenoxy) is 1. The highest BCUT2D eigenvalue weighted by Gasteiger charge is 2.05. The van der Waals surface area contributed by atoms with Gasteiger partial charge in [-0.05, 0) is 6.07 Å². The van der Waals surface area contributed by atoms with Gasteiger partial charge in [0.2, 0.25) is 5.70 Å². The highest BCUT2D eigenvalue weighted by Crippen LogP contribution is 2.20. The van der Waals surface area contributed by atoms with Gasteiger partial charge < -0.3 is 4.74 Å². The molecular formula is C12H13NO3. The van der Waals surface area contributed by atoms with Gasteiger partial charge in [0.05, 0.1) is 4.92 Å². The smallest absolute Gasteiger partial charge is 0.243 e. The fraction of sp³-hybridized carbons (Fsp3) is 0.167. The van der Waals surface area contributed by atoms with E-state index in [9.17, 15) is 10.1 Å². The Morgan fingerprint density at radius 2 is 2.25 bits per heavy atom. The summed E-state index contributed by atoms with van der Waals surface area (Å²) in [6, 6.07) is 7.16. The molecular weight excluding hydrogens is 206 g/mol. The van der Waals surface area contributed by atoms with E-state index in [4.69, 9.17) is 4.74 Å². The average molecular weight is 219 g/mol. The fourth-order valence-electron chi connectivity index (χ4n) is 1.16. The van der Waals surface area contributed by atoms with Gasteiger partial charge in [0.25, 0.3) is 0 Å².